The highest BCUT2D eigenvalue weighted by atomic mass is 32.2. The molecule has 0 amide bonds. The van der Waals surface area contributed by atoms with Crippen molar-refractivity contribution in [1.82, 2.24) is 19.3 Å². The van der Waals surface area contributed by atoms with Crippen LogP contribution in [0, 0.1) is 5.82 Å². The SMILES string of the molecule is CNS(=O)(=O)c1cccc(Cn2c(=O)oc3cc(Oc4ncccn4)ccc3c2=O)c1F. The molecular weight excluding hydrogens is 443 g/mol. The van der Waals surface area contributed by atoms with E-state index in [4.69, 9.17) is 9.15 Å². The molecule has 2 aromatic heterocycles. The molecule has 0 saturated heterocycles. The van der Waals surface area contributed by atoms with Crippen molar-refractivity contribution in [3.63, 3.8) is 0 Å². The van der Waals surface area contributed by atoms with Crippen molar-refractivity contribution in [3.8, 4) is 11.8 Å². The van der Waals surface area contributed by atoms with Crippen LogP contribution in [0.4, 0.5) is 4.39 Å². The largest absolute Gasteiger partial charge is 0.424 e. The van der Waals surface area contributed by atoms with Gasteiger partial charge in [-0.25, -0.2) is 36.9 Å². The molecule has 0 saturated carbocycles. The van der Waals surface area contributed by atoms with Crippen molar-refractivity contribution in [1.29, 1.82) is 0 Å². The van der Waals surface area contributed by atoms with Gasteiger partial charge in [0.15, 0.2) is 0 Å². The van der Waals surface area contributed by atoms with Crippen LogP contribution in [0.1, 0.15) is 5.56 Å². The second-order valence-electron chi connectivity index (χ2n) is 6.49. The summed E-state index contributed by atoms with van der Waals surface area (Å²) in [6.07, 6.45) is 2.97. The third-order valence-electron chi connectivity index (χ3n) is 4.53. The van der Waals surface area contributed by atoms with Gasteiger partial charge in [-0.3, -0.25) is 4.79 Å². The number of halogens is 1. The molecule has 0 bridgehead atoms. The van der Waals surface area contributed by atoms with Crippen LogP contribution in [0.25, 0.3) is 11.0 Å². The molecule has 0 aliphatic rings. The summed E-state index contributed by atoms with van der Waals surface area (Å²) in [5, 5.41) is 0.0466. The summed E-state index contributed by atoms with van der Waals surface area (Å²) in [7, 11) is -2.92. The van der Waals surface area contributed by atoms with Crippen LogP contribution < -0.4 is 20.8 Å². The van der Waals surface area contributed by atoms with Gasteiger partial charge in [0.1, 0.15) is 22.0 Å². The van der Waals surface area contributed by atoms with Gasteiger partial charge in [-0.05, 0) is 31.3 Å². The van der Waals surface area contributed by atoms with Gasteiger partial charge in [-0.1, -0.05) is 12.1 Å². The second kappa shape index (κ2) is 8.32. The molecule has 164 valence electrons. The molecule has 32 heavy (non-hydrogen) atoms. The van der Waals surface area contributed by atoms with E-state index in [1.165, 1.54) is 42.7 Å². The van der Waals surface area contributed by atoms with Gasteiger partial charge in [0.05, 0.1) is 11.9 Å². The first-order valence-corrected chi connectivity index (χ1v) is 10.6. The van der Waals surface area contributed by atoms with Crippen LogP contribution in [0.3, 0.4) is 0 Å². The maximum absolute atomic E-state index is 14.8. The topological polar surface area (TPSA) is 133 Å². The average molecular weight is 458 g/mol. The number of aromatic nitrogens is 3. The Labute approximate surface area is 180 Å². The zero-order chi connectivity index (χ0) is 22.9. The van der Waals surface area contributed by atoms with Gasteiger partial charge in [0.25, 0.3) is 5.56 Å². The molecule has 0 aliphatic carbocycles. The van der Waals surface area contributed by atoms with E-state index in [0.29, 0.717) is 4.57 Å². The molecule has 0 spiro atoms. The van der Waals surface area contributed by atoms with Gasteiger partial charge >= 0.3 is 11.8 Å². The zero-order valence-electron chi connectivity index (χ0n) is 16.5. The van der Waals surface area contributed by atoms with E-state index in [1.807, 2.05) is 4.72 Å². The molecule has 0 fully saturated rings. The molecule has 12 heteroatoms. The van der Waals surface area contributed by atoms with Crippen molar-refractivity contribution in [2.24, 2.45) is 0 Å². The molecular formula is C20H15FN4O6S. The summed E-state index contributed by atoms with van der Waals surface area (Å²) in [4.78, 5) is 32.5. The van der Waals surface area contributed by atoms with Gasteiger partial charge in [0.2, 0.25) is 10.0 Å². The summed E-state index contributed by atoms with van der Waals surface area (Å²) < 4.78 is 52.1. The molecule has 2 heterocycles. The Kier molecular flexibility index (Phi) is 5.55. The fraction of sp³-hybridized carbons (Fsp3) is 0.100. The number of nitrogens with zero attached hydrogens (tertiary/aromatic N) is 3. The lowest BCUT2D eigenvalue weighted by molar-refractivity contribution is 0.436. The van der Waals surface area contributed by atoms with E-state index in [1.54, 1.807) is 6.07 Å². The highest BCUT2D eigenvalue weighted by Crippen LogP contribution is 2.22. The van der Waals surface area contributed by atoms with Gasteiger partial charge in [-0.2, -0.15) is 0 Å². The molecule has 0 aliphatic heterocycles. The fourth-order valence-corrected chi connectivity index (χ4v) is 3.80. The van der Waals surface area contributed by atoms with Gasteiger partial charge in [0, 0.05) is 24.0 Å². The van der Waals surface area contributed by atoms with E-state index in [9.17, 15) is 22.4 Å². The minimum absolute atomic E-state index is 0.0448. The molecule has 4 rings (SSSR count). The Morgan fingerprint density at radius 2 is 1.88 bits per heavy atom. The normalized spacial score (nSPS) is 11.6. The van der Waals surface area contributed by atoms with Crippen LogP contribution in [0.5, 0.6) is 11.8 Å². The second-order valence-corrected chi connectivity index (χ2v) is 8.34. The van der Waals surface area contributed by atoms with Crippen LogP contribution in [0.2, 0.25) is 0 Å². The number of sulfonamides is 1. The van der Waals surface area contributed by atoms with Crippen LogP contribution in [0.15, 0.2) is 73.8 Å². The maximum atomic E-state index is 14.8. The minimum atomic E-state index is -4.07. The first kappa shape index (κ1) is 21.3. The highest BCUT2D eigenvalue weighted by Gasteiger charge is 2.21. The molecule has 0 atom stereocenters. The van der Waals surface area contributed by atoms with Crippen molar-refractivity contribution in [3.05, 3.63) is 87.1 Å². The Balaban J connectivity index is 1.74. The number of ether oxygens (including phenoxy) is 1. The quantitative estimate of drug-likeness (QED) is 0.461. The number of fused-ring (bicyclic) bond motifs is 1. The first-order chi connectivity index (χ1) is 15.3. The smallest absolute Gasteiger partial charge is 0.422 e. The molecule has 2 aromatic carbocycles. The predicted molar refractivity (Wildman–Crippen MR) is 111 cm³/mol. The predicted octanol–water partition coefficient (Wildman–Crippen LogP) is 1.63. The Hall–Kier alpha value is -3.90. The van der Waals surface area contributed by atoms with E-state index in [0.717, 1.165) is 13.1 Å². The standard InChI is InChI=1S/C20H15FN4O6S/c1-22-32(28,29)16-5-2-4-12(17(16)21)11-25-18(26)14-7-6-13(10-15(14)31-20(25)27)30-19-23-8-3-9-24-19/h2-10,22H,11H2,1H3. The van der Waals surface area contributed by atoms with E-state index in [-0.39, 0.29) is 28.3 Å². The lowest BCUT2D eigenvalue weighted by Gasteiger charge is -2.10. The molecule has 0 unspecified atom stereocenters. The van der Waals surface area contributed by atoms with Crippen molar-refractivity contribution in [2.75, 3.05) is 7.05 Å². The van der Waals surface area contributed by atoms with Crippen molar-refractivity contribution < 1.29 is 22.0 Å². The Morgan fingerprint density at radius 1 is 1.12 bits per heavy atom. The lowest BCUT2D eigenvalue weighted by Crippen LogP contribution is -2.33. The van der Waals surface area contributed by atoms with E-state index in [2.05, 4.69) is 9.97 Å². The van der Waals surface area contributed by atoms with Gasteiger partial charge < -0.3 is 9.15 Å². The third-order valence-corrected chi connectivity index (χ3v) is 5.96. The minimum Gasteiger partial charge on any atom is -0.424 e. The summed E-state index contributed by atoms with van der Waals surface area (Å²) in [5.74, 6) is -1.88. The number of benzene rings is 2. The first-order valence-electron chi connectivity index (χ1n) is 9.13. The van der Waals surface area contributed by atoms with Crippen LogP contribution >= 0.6 is 0 Å². The van der Waals surface area contributed by atoms with Crippen molar-refractivity contribution in [2.45, 2.75) is 11.4 Å². The molecule has 10 nitrogen and oxygen atoms in total. The Bertz CT molecular complexity index is 1530. The monoisotopic (exact) mass is 458 g/mol. The van der Waals surface area contributed by atoms with Crippen molar-refractivity contribution >= 4 is 21.0 Å². The molecule has 4 aromatic rings. The Morgan fingerprint density at radius 3 is 2.59 bits per heavy atom. The summed E-state index contributed by atoms with van der Waals surface area (Å²) in [6.45, 7) is -0.522. The zero-order valence-corrected chi connectivity index (χ0v) is 17.3. The van der Waals surface area contributed by atoms with Gasteiger partial charge in [-0.15, -0.1) is 0 Å². The molecule has 0 radical (unpaired) electrons. The van der Waals surface area contributed by atoms with E-state index >= 15 is 0 Å². The molecule has 1 N–H and O–H groups in total. The summed E-state index contributed by atoms with van der Waals surface area (Å²) in [6, 6.07) is 9.52. The number of hydrogen-bond acceptors (Lipinski definition) is 8. The average Bonchev–Trinajstić information content (AvgIpc) is 2.78. The third kappa shape index (κ3) is 4.00. The number of nitrogens with one attached hydrogen (secondary N) is 1. The number of rotatable bonds is 6. The fourth-order valence-electron chi connectivity index (χ4n) is 2.95. The highest BCUT2D eigenvalue weighted by molar-refractivity contribution is 7.89. The summed E-state index contributed by atoms with van der Waals surface area (Å²) >= 11 is 0. The lowest BCUT2D eigenvalue weighted by atomic mass is 10.2. The maximum Gasteiger partial charge on any atom is 0.422 e. The number of hydrogen-bond donors (Lipinski definition) is 1. The van der Waals surface area contributed by atoms with E-state index < -0.39 is 38.6 Å². The summed E-state index contributed by atoms with van der Waals surface area (Å²) in [5.41, 5.74) is -0.951. The van der Waals surface area contributed by atoms with Crippen LogP contribution in [-0.4, -0.2) is 30.0 Å². The van der Waals surface area contributed by atoms with Crippen LogP contribution in [-0.2, 0) is 16.6 Å².